The smallest absolute Gasteiger partial charge is 0.329 e. The van der Waals surface area contributed by atoms with Crippen LogP contribution in [0.15, 0.2) is 54.6 Å². The van der Waals surface area contributed by atoms with Crippen LogP contribution in [-0.4, -0.2) is 24.4 Å². The summed E-state index contributed by atoms with van der Waals surface area (Å²) in [6, 6.07) is 18.0. The van der Waals surface area contributed by atoms with Crippen molar-refractivity contribution in [1.29, 1.82) is 0 Å². The summed E-state index contributed by atoms with van der Waals surface area (Å²) in [4.78, 5) is 12.2. The van der Waals surface area contributed by atoms with Crippen molar-refractivity contribution >= 4 is 23.4 Å². The highest BCUT2D eigenvalue weighted by Gasteiger charge is 2.19. The molecule has 0 heterocycles. The monoisotopic (exact) mass is 329 g/mol. The van der Waals surface area contributed by atoms with Crippen LogP contribution in [-0.2, 0) is 15.3 Å². The van der Waals surface area contributed by atoms with E-state index >= 15 is 0 Å². The van der Waals surface area contributed by atoms with Gasteiger partial charge in [0.1, 0.15) is 6.04 Å². The molecule has 122 valence electrons. The number of benzene rings is 2. The van der Waals surface area contributed by atoms with Gasteiger partial charge in [-0.25, -0.2) is 4.79 Å². The zero-order valence-electron chi connectivity index (χ0n) is 13.6. The van der Waals surface area contributed by atoms with Gasteiger partial charge in [0.2, 0.25) is 0 Å². The van der Waals surface area contributed by atoms with Crippen molar-refractivity contribution in [3.05, 3.63) is 65.7 Å². The Labute approximate surface area is 142 Å². The van der Waals surface area contributed by atoms with Crippen molar-refractivity contribution in [3.8, 4) is 0 Å². The SMILES string of the molecule is CCOC(=O)[C@H](CSCc1ccccc1)Nc1ccc(C)cc1. The van der Waals surface area contributed by atoms with Gasteiger partial charge >= 0.3 is 5.97 Å². The van der Waals surface area contributed by atoms with E-state index in [0.717, 1.165) is 11.4 Å². The van der Waals surface area contributed by atoms with E-state index in [2.05, 4.69) is 17.4 Å². The number of aryl methyl sites for hydroxylation is 1. The summed E-state index contributed by atoms with van der Waals surface area (Å²) in [7, 11) is 0. The van der Waals surface area contributed by atoms with Gasteiger partial charge in [-0.1, -0.05) is 48.0 Å². The van der Waals surface area contributed by atoms with Crippen LogP contribution in [0.3, 0.4) is 0 Å². The molecule has 3 nitrogen and oxygen atoms in total. The molecule has 0 amide bonds. The lowest BCUT2D eigenvalue weighted by atomic mass is 10.2. The maximum absolute atomic E-state index is 12.2. The van der Waals surface area contributed by atoms with E-state index in [-0.39, 0.29) is 12.0 Å². The van der Waals surface area contributed by atoms with Crippen LogP contribution in [0.5, 0.6) is 0 Å². The molecule has 0 aliphatic carbocycles. The van der Waals surface area contributed by atoms with Crippen molar-refractivity contribution in [3.63, 3.8) is 0 Å². The summed E-state index contributed by atoms with van der Waals surface area (Å²) >= 11 is 1.73. The highest BCUT2D eigenvalue weighted by Crippen LogP contribution is 2.17. The van der Waals surface area contributed by atoms with Crippen LogP contribution < -0.4 is 5.32 Å². The number of carbonyl (C=O) groups excluding carboxylic acids is 1. The lowest BCUT2D eigenvalue weighted by molar-refractivity contribution is -0.143. The molecule has 0 radical (unpaired) electrons. The topological polar surface area (TPSA) is 38.3 Å². The lowest BCUT2D eigenvalue weighted by Crippen LogP contribution is -2.33. The first-order chi connectivity index (χ1) is 11.2. The molecule has 0 aromatic heterocycles. The van der Waals surface area contributed by atoms with E-state index in [0.29, 0.717) is 12.4 Å². The molecule has 2 aromatic rings. The van der Waals surface area contributed by atoms with Crippen LogP contribution in [0.1, 0.15) is 18.1 Å². The molecule has 2 aromatic carbocycles. The Hall–Kier alpha value is -1.94. The zero-order chi connectivity index (χ0) is 16.5. The first-order valence-corrected chi connectivity index (χ1v) is 8.96. The van der Waals surface area contributed by atoms with Crippen molar-refractivity contribution in [2.45, 2.75) is 25.6 Å². The molecule has 0 aliphatic heterocycles. The molecule has 2 rings (SSSR count). The fourth-order valence-corrected chi connectivity index (χ4v) is 3.13. The minimum absolute atomic E-state index is 0.200. The Morgan fingerprint density at radius 3 is 2.48 bits per heavy atom. The van der Waals surface area contributed by atoms with Gasteiger partial charge in [-0.3, -0.25) is 0 Å². The summed E-state index contributed by atoms with van der Waals surface area (Å²) in [5, 5.41) is 3.28. The van der Waals surface area contributed by atoms with Gasteiger partial charge in [0.05, 0.1) is 6.61 Å². The highest BCUT2D eigenvalue weighted by molar-refractivity contribution is 7.98. The average Bonchev–Trinajstić information content (AvgIpc) is 2.57. The van der Waals surface area contributed by atoms with Gasteiger partial charge in [-0.15, -0.1) is 0 Å². The normalized spacial score (nSPS) is 11.7. The van der Waals surface area contributed by atoms with Crippen LogP contribution in [0.2, 0.25) is 0 Å². The van der Waals surface area contributed by atoms with Crippen LogP contribution in [0.25, 0.3) is 0 Å². The van der Waals surface area contributed by atoms with Crippen molar-refractivity contribution < 1.29 is 9.53 Å². The Bertz CT molecular complexity index is 599. The Balaban J connectivity index is 1.93. The first-order valence-electron chi connectivity index (χ1n) is 7.80. The third kappa shape index (κ3) is 5.99. The molecule has 1 N–H and O–H groups in total. The Morgan fingerprint density at radius 1 is 1.13 bits per heavy atom. The quantitative estimate of drug-likeness (QED) is 0.734. The standard InChI is InChI=1S/C19H23NO2S/c1-3-22-19(21)18(20-17-11-9-15(2)10-12-17)14-23-13-16-7-5-4-6-8-16/h4-12,18,20H,3,13-14H2,1-2H3/t18-/m0/s1. The number of rotatable bonds is 8. The van der Waals surface area contributed by atoms with E-state index in [1.165, 1.54) is 11.1 Å². The molecular weight excluding hydrogens is 306 g/mol. The second kappa shape index (κ2) is 9.26. The molecular formula is C19H23NO2S. The molecule has 1 atom stereocenters. The van der Waals surface area contributed by atoms with E-state index in [1.807, 2.05) is 56.3 Å². The molecule has 0 unspecified atom stereocenters. The number of hydrogen-bond donors (Lipinski definition) is 1. The number of anilines is 1. The summed E-state index contributed by atoms with van der Waals surface area (Å²) in [5.41, 5.74) is 3.39. The molecule has 0 fully saturated rings. The largest absolute Gasteiger partial charge is 0.464 e. The molecule has 0 saturated carbocycles. The maximum atomic E-state index is 12.2. The van der Waals surface area contributed by atoms with E-state index < -0.39 is 0 Å². The van der Waals surface area contributed by atoms with Gasteiger partial charge in [0.25, 0.3) is 0 Å². The van der Waals surface area contributed by atoms with Gasteiger partial charge < -0.3 is 10.1 Å². The highest BCUT2D eigenvalue weighted by atomic mass is 32.2. The third-order valence-electron chi connectivity index (χ3n) is 3.36. The predicted octanol–water partition coefficient (Wildman–Crippen LogP) is 4.27. The van der Waals surface area contributed by atoms with E-state index in [1.54, 1.807) is 11.8 Å². The summed E-state index contributed by atoms with van der Waals surface area (Å²) in [6.07, 6.45) is 0. The second-order valence-electron chi connectivity index (χ2n) is 5.32. The second-order valence-corrected chi connectivity index (χ2v) is 6.35. The molecule has 4 heteroatoms. The van der Waals surface area contributed by atoms with Gasteiger partial charge in [0.15, 0.2) is 0 Å². The molecule has 0 bridgehead atoms. The Morgan fingerprint density at radius 2 is 1.83 bits per heavy atom. The number of esters is 1. The van der Waals surface area contributed by atoms with Crippen molar-refractivity contribution in [2.24, 2.45) is 0 Å². The Kier molecular flexibility index (Phi) is 7.01. The minimum atomic E-state index is -0.341. The van der Waals surface area contributed by atoms with Crippen LogP contribution in [0.4, 0.5) is 5.69 Å². The average molecular weight is 329 g/mol. The fraction of sp³-hybridized carbons (Fsp3) is 0.316. The van der Waals surface area contributed by atoms with Gasteiger partial charge in [-0.05, 0) is 31.5 Å². The predicted molar refractivity (Wildman–Crippen MR) is 97.8 cm³/mol. The summed E-state index contributed by atoms with van der Waals surface area (Å²) < 4.78 is 5.19. The van der Waals surface area contributed by atoms with Crippen molar-refractivity contribution in [1.82, 2.24) is 0 Å². The van der Waals surface area contributed by atoms with Crippen molar-refractivity contribution in [2.75, 3.05) is 17.7 Å². The third-order valence-corrected chi connectivity index (χ3v) is 4.47. The first kappa shape index (κ1) is 17.4. The number of ether oxygens (including phenoxy) is 1. The van der Waals surface area contributed by atoms with E-state index in [4.69, 9.17) is 4.74 Å². The summed E-state index contributed by atoms with van der Waals surface area (Å²) in [5.74, 6) is 1.35. The molecule has 0 saturated heterocycles. The van der Waals surface area contributed by atoms with Gasteiger partial charge in [-0.2, -0.15) is 11.8 Å². The maximum Gasteiger partial charge on any atom is 0.329 e. The van der Waals surface area contributed by atoms with Gasteiger partial charge in [0, 0.05) is 17.2 Å². The van der Waals surface area contributed by atoms with Crippen LogP contribution in [0, 0.1) is 6.92 Å². The molecule has 0 aliphatic rings. The number of thioether (sulfide) groups is 1. The number of nitrogens with one attached hydrogen (secondary N) is 1. The summed E-state index contributed by atoms with van der Waals surface area (Å²) in [6.45, 7) is 4.27. The molecule has 0 spiro atoms. The van der Waals surface area contributed by atoms with E-state index in [9.17, 15) is 4.79 Å². The minimum Gasteiger partial charge on any atom is -0.464 e. The van der Waals surface area contributed by atoms with Crippen LogP contribution >= 0.6 is 11.8 Å². The zero-order valence-corrected chi connectivity index (χ0v) is 14.4. The fourth-order valence-electron chi connectivity index (χ4n) is 2.13. The molecule has 23 heavy (non-hydrogen) atoms. The number of hydrogen-bond acceptors (Lipinski definition) is 4. The lowest BCUT2D eigenvalue weighted by Gasteiger charge is -2.18. The number of carbonyl (C=O) groups is 1.